The van der Waals surface area contributed by atoms with Crippen molar-refractivity contribution in [3.05, 3.63) is 36.6 Å². The van der Waals surface area contributed by atoms with E-state index in [-0.39, 0.29) is 5.75 Å². The molecule has 0 fully saturated rings. The second-order valence-corrected chi connectivity index (χ2v) is 5.38. The number of aromatic nitrogens is 1. The molecule has 1 N–H and O–H groups in total. The van der Waals surface area contributed by atoms with Crippen molar-refractivity contribution in [2.75, 3.05) is 28.4 Å². The lowest BCUT2D eigenvalue weighted by atomic mass is 10.0. The zero-order valence-corrected chi connectivity index (χ0v) is 14.9. The van der Waals surface area contributed by atoms with E-state index in [1.165, 1.54) is 13.4 Å². The number of aromatic hydroxyl groups is 1. The van der Waals surface area contributed by atoms with E-state index < -0.39 is 0 Å². The Hall–Kier alpha value is -3.35. The molecule has 7 heteroatoms. The van der Waals surface area contributed by atoms with Gasteiger partial charge in [0, 0.05) is 11.1 Å². The average molecular weight is 357 g/mol. The van der Waals surface area contributed by atoms with Crippen molar-refractivity contribution >= 4 is 0 Å². The molecule has 0 aliphatic rings. The van der Waals surface area contributed by atoms with E-state index >= 15 is 0 Å². The van der Waals surface area contributed by atoms with Gasteiger partial charge in [0.1, 0.15) is 12.0 Å². The van der Waals surface area contributed by atoms with Gasteiger partial charge in [-0.15, -0.1) is 0 Å². The summed E-state index contributed by atoms with van der Waals surface area (Å²) in [5.74, 6) is 1.93. The van der Waals surface area contributed by atoms with Gasteiger partial charge in [-0.3, -0.25) is 0 Å². The minimum absolute atomic E-state index is 0.0297. The molecule has 0 saturated heterocycles. The lowest BCUT2D eigenvalue weighted by molar-refractivity contribution is 0.324. The number of nitrogens with zero attached hydrogens (tertiary/aromatic N) is 1. The molecule has 3 rings (SSSR count). The second-order valence-electron chi connectivity index (χ2n) is 5.38. The Labute approximate surface area is 150 Å². The van der Waals surface area contributed by atoms with Crippen LogP contribution in [0.15, 0.2) is 41.1 Å². The van der Waals surface area contributed by atoms with E-state index in [1.54, 1.807) is 45.6 Å². The van der Waals surface area contributed by atoms with Gasteiger partial charge in [0.25, 0.3) is 0 Å². The molecule has 0 saturated carbocycles. The maximum Gasteiger partial charge on any atom is 0.203 e. The Morgan fingerprint density at radius 1 is 0.808 bits per heavy atom. The molecule has 1 heterocycles. The van der Waals surface area contributed by atoms with Crippen LogP contribution >= 0.6 is 0 Å². The first kappa shape index (κ1) is 17.5. The first-order valence-corrected chi connectivity index (χ1v) is 7.75. The lowest BCUT2D eigenvalue weighted by Crippen LogP contribution is -1.96. The highest BCUT2D eigenvalue weighted by Gasteiger charge is 2.19. The molecule has 1 aromatic heterocycles. The maximum atomic E-state index is 10.1. The third-order valence-corrected chi connectivity index (χ3v) is 4.00. The van der Waals surface area contributed by atoms with E-state index in [9.17, 15) is 5.11 Å². The van der Waals surface area contributed by atoms with Crippen molar-refractivity contribution in [2.24, 2.45) is 0 Å². The van der Waals surface area contributed by atoms with Crippen molar-refractivity contribution in [3.63, 3.8) is 0 Å². The fourth-order valence-electron chi connectivity index (χ4n) is 2.73. The van der Waals surface area contributed by atoms with E-state index in [2.05, 4.69) is 5.16 Å². The van der Waals surface area contributed by atoms with Crippen LogP contribution in [-0.4, -0.2) is 38.7 Å². The van der Waals surface area contributed by atoms with E-state index in [0.29, 0.717) is 34.3 Å². The van der Waals surface area contributed by atoms with Gasteiger partial charge < -0.3 is 28.6 Å². The van der Waals surface area contributed by atoms with Crippen LogP contribution in [0.2, 0.25) is 0 Å². The van der Waals surface area contributed by atoms with Crippen molar-refractivity contribution in [2.45, 2.75) is 0 Å². The third-order valence-electron chi connectivity index (χ3n) is 4.00. The highest BCUT2D eigenvalue weighted by Crippen LogP contribution is 2.43. The van der Waals surface area contributed by atoms with Gasteiger partial charge >= 0.3 is 0 Å². The SMILES string of the molecule is COc1ccc(-c2conc2-c2cc(OC)c(OC)c(OC)c2)cc1O. The van der Waals surface area contributed by atoms with Crippen molar-refractivity contribution in [1.29, 1.82) is 0 Å². The number of benzene rings is 2. The van der Waals surface area contributed by atoms with E-state index in [4.69, 9.17) is 23.5 Å². The Morgan fingerprint density at radius 3 is 2.00 bits per heavy atom. The molecule has 0 bridgehead atoms. The summed E-state index contributed by atoms with van der Waals surface area (Å²) in [6.45, 7) is 0. The number of hydrogen-bond acceptors (Lipinski definition) is 7. The van der Waals surface area contributed by atoms with Gasteiger partial charge in [-0.2, -0.15) is 0 Å². The number of methoxy groups -OCH3 is 4. The number of phenols is 1. The van der Waals surface area contributed by atoms with Crippen LogP contribution in [0.4, 0.5) is 0 Å². The Bertz CT molecular complexity index is 893. The first-order chi connectivity index (χ1) is 12.6. The van der Waals surface area contributed by atoms with Crippen LogP contribution < -0.4 is 18.9 Å². The monoisotopic (exact) mass is 357 g/mol. The van der Waals surface area contributed by atoms with Crippen LogP contribution in [0.5, 0.6) is 28.7 Å². The smallest absolute Gasteiger partial charge is 0.203 e. The van der Waals surface area contributed by atoms with Crippen LogP contribution in [0.1, 0.15) is 0 Å². The molecule has 0 aliphatic heterocycles. The first-order valence-electron chi connectivity index (χ1n) is 7.75. The Balaban J connectivity index is 2.13. The molecular formula is C19H19NO6. The summed E-state index contributed by atoms with van der Waals surface area (Å²) in [5, 5.41) is 14.2. The predicted octanol–water partition coefficient (Wildman–Crippen LogP) is 3.75. The minimum Gasteiger partial charge on any atom is -0.504 e. The lowest BCUT2D eigenvalue weighted by Gasteiger charge is -2.14. The van der Waals surface area contributed by atoms with Gasteiger partial charge in [0.05, 0.1) is 28.4 Å². The van der Waals surface area contributed by atoms with Crippen molar-refractivity contribution in [3.8, 4) is 51.1 Å². The van der Waals surface area contributed by atoms with Crippen LogP contribution in [0, 0.1) is 0 Å². The van der Waals surface area contributed by atoms with Crippen molar-refractivity contribution < 1.29 is 28.6 Å². The molecule has 0 atom stereocenters. The molecule has 0 spiro atoms. The Kier molecular flexibility index (Phi) is 4.88. The minimum atomic E-state index is 0.0297. The van der Waals surface area contributed by atoms with E-state index in [1.807, 2.05) is 6.07 Å². The van der Waals surface area contributed by atoms with Crippen molar-refractivity contribution in [1.82, 2.24) is 5.16 Å². The van der Waals surface area contributed by atoms with Crippen LogP contribution in [-0.2, 0) is 0 Å². The molecule has 0 aliphatic carbocycles. The van der Waals surface area contributed by atoms with E-state index in [0.717, 1.165) is 11.1 Å². The molecule has 0 radical (unpaired) electrons. The number of ether oxygens (including phenoxy) is 4. The summed E-state index contributed by atoms with van der Waals surface area (Å²) in [6, 6.07) is 8.65. The molecule has 0 unspecified atom stereocenters. The highest BCUT2D eigenvalue weighted by atomic mass is 16.5. The third kappa shape index (κ3) is 2.99. The second kappa shape index (κ2) is 7.26. The van der Waals surface area contributed by atoms with Gasteiger partial charge in [-0.1, -0.05) is 11.2 Å². The molecule has 2 aromatic carbocycles. The number of phenolic OH excluding ortho intramolecular Hbond substituents is 1. The summed E-state index contributed by atoms with van der Waals surface area (Å²) >= 11 is 0. The zero-order valence-electron chi connectivity index (χ0n) is 14.9. The largest absolute Gasteiger partial charge is 0.504 e. The number of hydrogen-bond donors (Lipinski definition) is 1. The maximum absolute atomic E-state index is 10.1. The van der Waals surface area contributed by atoms with Gasteiger partial charge in [-0.05, 0) is 29.8 Å². The van der Waals surface area contributed by atoms with Gasteiger partial charge in [-0.25, -0.2) is 0 Å². The molecule has 0 amide bonds. The standard InChI is InChI=1S/C19H19NO6/c1-22-15-6-5-11(7-14(15)21)13-10-26-20-18(13)12-8-16(23-2)19(25-4)17(9-12)24-3/h5-10,21H,1-4H3. The summed E-state index contributed by atoms with van der Waals surface area (Å²) in [4.78, 5) is 0. The normalized spacial score (nSPS) is 10.5. The molecule has 26 heavy (non-hydrogen) atoms. The van der Waals surface area contributed by atoms with Gasteiger partial charge in [0.2, 0.25) is 5.75 Å². The average Bonchev–Trinajstić information content (AvgIpc) is 3.16. The summed E-state index contributed by atoms with van der Waals surface area (Å²) in [7, 11) is 6.13. The van der Waals surface area contributed by atoms with Crippen LogP contribution in [0.25, 0.3) is 22.4 Å². The molecule has 136 valence electrons. The molecule has 7 nitrogen and oxygen atoms in total. The summed E-state index contributed by atoms with van der Waals surface area (Å²) in [6.07, 6.45) is 1.51. The molecular weight excluding hydrogens is 338 g/mol. The highest BCUT2D eigenvalue weighted by molar-refractivity contribution is 5.82. The summed E-state index contributed by atoms with van der Waals surface area (Å²) < 4.78 is 26.4. The summed E-state index contributed by atoms with van der Waals surface area (Å²) in [5.41, 5.74) is 2.73. The fraction of sp³-hybridized carbons (Fsp3) is 0.211. The van der Waals surface area contributed by atoms with Gasteiger partial charge in [0.15, 0.2) is 23.0 Å². The molecule has 3 aromatic rings. The number of rotatable bonds is 6. The predicted molar refractivity (Wildman–Crippen MR) is 95.2 cm³/mol. The fourth-order valence-corrected chi connectivity index (χ4v) is 2.73. The van der Waals surface area contributed by atoms with Crippen LogP contribution in [0.3, 0.4) is 0 Å². The zero-order chi connectivity index (χ0) is 18.7. The Morgan fingerprint density at radius 2 is 1.46 bits per heavy atom. The quantitative estimate of drug-likeness (QED) is 0.719. The topological polar surface area (TPSA) is 83.2 Å².